The fourth-order valence-corrected chi connectivity index (χ4v) is 1.86. The van der Waals surface area contributed by atoms with Crippen LogP contribution in [-0.2, 0) is 0 Å². The summed E-state index contributed by atoms with van der Waals surface area (Å²) in [4.78, 5) is 0. The highest BCUT2D eigenvalue weighted by Gasteiger charge is 2.15. The Hall–Kier alpha value is -2.56. The molecule has 3 rings (SSSR count). The molecule has 5 nitrogen and oxygen atoms in total. The van der Waals surface area contributed by atoms with Crippen molar-refractivity contribution in [3.8, 4) is 17.1 Å². The van der Waals surface area contributed by atoms with E-state index in [1.54, 1.807) is 17.0 Å². The first-order valence-electron chi connectivity index (χ1n) is 5.58. The average Bonchev–Trinajstić information content (AvgIpc) is 2.99. The van der Waals surface area contributed by atoms with Crippen molar-refractivity contribution in [1.82, 2.24) is 15.0 Å². The van der Waals surface area contributed by atoms with Crippen LogP contribution in [0.25, 0.3) is 17.1 Å². The van der Waals surface area contributed by atoms with Crippen LogP contribution in [0, 0.1) is 6.92 Å². The zero-order chi connectivity index (χ0) is 12.5. The summed E-state index contributed by atoms with van der Waals surface area (Å²) in [5, 5.41) is 8.15. The molecule has 1 aromatic carbocycles. The Morgan fingerprint density at radius 3 is 2.72 bits per heavy atom. The number of nitrogen functional groups attached to an aromatic ring is 1. The number of para-hydroxylation sites is 1. The predicted molar refractivity (Wildman–Crippen MR) is 68.2 cm³/mol. The van der Waals surface area contributed by atoms with Crippen LogP contribution in [0.1, 0.15) is 5.56 Å². The fraction of sp³-hybridized carbons (Fsp3) is 0.0769. The van der Waals surface area contributed by atoms with Gasteiger partial charge in [0.1, 0.15) is 0 Å². The van der Waals surface area contributed by atoms with E-state index in [1.165, 1.54) is 0 Å². The smallest absolute Gasteiger partial charge is 0.172 e. The van der Waals surface area contributed by atoms with E-state index in [0.29, 0.717) is 17.3 Å². The molecule has 0 aliphatic carbocycles. The van der Waals surface area contributed by atoms with Crippen molar-refractivity contribution in [3.63, 3.8) is 0 Å². The van der Waals surface area contributed by atoms with Gasteiger partial charge in [-0.2, -0.15) is 4.68 Å². The van der Waals surface area contributed by atoms with E-state index in [9.17, 15) is 0 Å². The molecule has 0 amide bonds. The molecule has 0 saturated heterocycles. The Morgan fingerprint density at radius 2 is 2.00 bits per heavy atom. The number of aromatic nitrogens is 3. The second-order valence-corrected chi connectivity index (χ2v) is 4.00. The summed E-state index contributed by atoms with van der Waals surface area (Å²) in [5.74, 6) is 1.09. The number of furan rings is 1. The molecule has 90 valence electrons. The van der Waals surface area contributed by atoms with Crippen LogP contribution in [0.5, 0.6) is 0 Å². The molecule has 0 aliphatic rings. The van der Waals surface area contributed by atoms with E-state index in [2.05, 4.69) is 10.3 Å². The molecule has 0 radical (unpaired) electrons. The van der Waals surface area contributed by atoms with Gasteiger partial charge in [-0.1, -0.05) is 23.4 Å². The highest BCUT2D eigenvalue weighted by molar-refractivity contribution is 5.67. The molecule has 0 saturated carbocycles. The van der Waals surface area contributed by atoms with Crippen molar-refractivity contribution >= 4 is 5.82 Å². The lowest BCUT2D eigenvalue weighted by atomic mass is 10.2. The van der Waals surface area contributed by atoms with Crippen molar-refractivity contribution in [2.75, 3.05) is 5.73 Å². The van der Waals surface area contributed by atoms with Crippen LogP contribution in [0.3, 0.4) is 0 Å². The SMILES string of the molecule is Cc1ccccc1-n1nnc(-c2ccco2)c1N. The second kappa shape index (κ2) is 4.03. The molecule has 0 atom stereocenters. The lowest BCUT2D eigenvalue weighted by Gasteiger charge is -2.05. The van der Waals surface area contributed by atoms with Gasteiger partial charge in [-0.25, -0.2) is 0 Å². The van der Waals surface area contributed by atoms with Gasteiger partial charge in [-0.3, -0.25) is 0 Å². The molecule has 2 aromatic heterocycles. The van der Waals surface area contributed by atoms with E-state index in [4.69, 9.17) is 10.2 Å². The van der Waals surface area contributed by atoms with Crippen LogP contribution in [0.4, 0.5) is 5.82 Å². The van der Waals surface area contributed by atoms with Crippen LogP contribution in [-0.4, -0.2) is 15.0 Å². The number of anilines is 1. The summed E-state index contributed by atoms with van der Waals surface area (Å²) in [7, 11) is 0. The summed E-state index contributed by atoms with van der Waals surface area (Å²) >= 11 is 0. The highest BCUT2D eigenvalue weighted by Crippen LogP contribution is 2.26. The van der Waals surface area contributed by atoms with Gasteiger partial charge in [0, 0.05) is 0 Å². The van der Waals surface area contributed by atoms with E-state index < -0.39 is 0 Å². The van der Waals surface area contributed by atoms with Gasteiger partial charge < -0.3 is 10.2 Å². The summed E-state index contributed by atoms with van der Waals surface area (Å²) in [6, 6.07) is 11.5. The number of hydrogen-bond acceptors (Lipinski definition) is 4. The normalized spacial score (nSPS) is 10.7. The predicted octanol–water partition coefficient (Wildman–Crippen LogP) is 2.42. The van der Waals surface area contributed by atoms with Crippen molar-refractivity contribution in [3.05, 3.63) is 48.2 Å². The van der Waals surface area contributed by atoms with Gasteiger partial charge >= 0.3 is 0 Å². The van der Waals surface area contributed by atoms with E-state index >= 15 is 0 Å². The Morgan fingerprint density at radius 1 is 1.17 bits per heavy atom. The molecule has 18 heavy (non-hydrogen) atoms. The number of benzene rings is 1. The number of hydrogen-bond donors (Lipinski definition) is 1. The zero-order valence-electron chi connectivity index (χ0n) is 9.87. The molecule has 2 heterocycles. The third-order valence-electron chi connectivity index (χ3n) is 2.80. The molecule has 2 N–H and O–H groups in total. The van der Waals surface area contributed by atoms with Crippen molar-refractivity contribution in [2.45, 2.75) is 6.92 Å². The number of rotatable bonds is 2. The van der Waals surface area contributed by atoms with Gasteiger partial charge in [0.15, 0.2) is 17.3 Å². The van der Waals surface area contributed by atoms with Crippen LogP contribution >= 0.6 is 0 Å². The Balaban J connectivity index is 2.14. The maximum atomic E-state index is 6.07. The van der Waals surface area contributed by atoms with Crippen molar-refractivity contribution in [2.24, 2.45) is 0 Å². The third-order valence-corrected chi connectivity index (χ3v) is 2.80. The first kappa shape index (κ1) is 10.6. The zero-order valence-corrected chi connectivity index (χ0v) is 9.87. The average molecular weight is 240 g/mol. The largest absolute Gasteiger partial charge is 0.463 e. The minimum atomic E-state index is 0.472. The minimum absolute atomic E-state index is 0.472. The molecule has 0 spiro atoms. The molecular weight excluding hydrogens is 228 g/mol. The van der Waals surface area contributed by atoms with Gasteiger partial charge in [-0.15, -0.1) is 5.10 Å². The molecule has 3 aromatic rings. The highest BCUT2D eigenvalue weighted by atomic mass is 16.3. The molecule has 0 unspecified atom stereocenters. The van der Waals surface area contributed by atoms with Gasteiger partial charge in [0.2, 0.25) is 0 Å². The van der Waals surface area contributed by atoms with Gasteiger partial charge in [0.25, 0.3) is 0 Å². The first-order valence-corrected chi connectivity index (χ1v) is 5.58. The molecule has 0 fully saturated rings. The molecular formula is C13H12N4O. The standard InChI is InChI=1S/C13H12N4O/c1-9-5-2-3-6-10(9)17-13(14)12(15-16-17)11-7-4-8-18-11/h2-8H,14H2,1H3. The van der Waals surface area contributed by atoms with Crippen LogP contribution < -0.4 is 5.73 Å². The number of nitrogens with two attached hydrogens (primary N) is 1. The molecule has 0 aliphatic heterocycles. The fourth-order valence-electron chi connectivity index (χ4n) is 1.86. The maximum Gasteiger partial charge on any atom is 0.172 e. The summed E-state index contributed by atoms with van der Waals surface area (Å²) in [6.45, 7) is 2.00. The second-order valence-electron chi connectivity index (χ2n) is 4.00. The topological polar surface area (TPSA) is 69.9 Å². The summed E-state index contributed by atoms with van der Waals surface area (Å²) in [5.41, 5.74) is 8.63. The minimum Gasteiger partial charge on any atom is -0.463 e. The number of aryl methyl sites for hydroxylation is 1. The van der Waals surface area contributed by atoms with Gasteiger partial charge in [0.05, 0.1) is 12.0 Å². The van der Waals surface area contributed by atoms with E-state index in [1.807, 2.05) is 37.3 Å². The Kier molecular flexibility index (Phi) is 2.37. The van der Waals surface area contributed by atoms with Crippen LogP contribution in [0.15, 0.2) is 47.1 Å². The summed E-state index contributed by atoms with van der Waals surface area (Å²) in [6.07, 6.45) is 1.58. The Bertz CT molecular complexity index is 670. The quantitative estimate of drug-likeness (QED) is 0.746. The van der Waals surface area contributed by atoms with Crippen molar-refractivity contribution < 1.29 is 4.42 Å². The Labute approximate surface area is 104 Å². The lowest BCUT2D eigenvalue weighted by Crippen LogP contribution is -2.03. The van der Waals surface area contributed by atoms with Crippen LogP contribution in [0.2, 0.25) is 0 Å². The first-order chi connectivity index (χ1) is 8.77. The van der Waals surface area contributed by atoms with E-state index in [0.717, 1.165) is 11.3 Å². The van der Waals surface area contributed by atoms with Crippen molar-refractivity contribution in [1.29, 1.82) is 0 Å². The summed E-state index contributed by atoms with van der Waals surface area (Å²) < 4.78 is 6.90. The molecule has 5 heteroatoms. The van der Waals surface area contributed by atoms with Gasteiger partial charge in [-0.05, 0) is 30.7 Å². The maximum absolute atomic E-state index is 6.07. The number of nitrogens with zero attached hydrogens (tertiary/aromatic N) is 3. The lowest BCUT2D eigenvalue weighted by molar-refractivity contribution is 0.580. The molecule has 0 bridgehead atoms. The monoisotopic (exact) mass is 240 g/mol. The third kappa shape index (κ3) is 1.57. The van der Waals surface area contributed by atoms with E-state index in [-0.39, 0.29) is 0 Å².